The minimum absolute atomic E-state index is 0.218. The molecule has 0 aliphatic heterocycles. The van der Waals surface area contributed by atoms with Gasteiger partial charge in [-0.25, -0.2) is 5.48 Å². The molecule has 0 spiro atoms. The van der Waals surface area contributed by atoms with Gasteiger partial charge in [0.2, 0.25) is 5.91 Å². The predicted molar refractivity (Wildman–Crippen MR) is 122 cm³/mol. The van der Waals surface area contributed by atoms with Crippen molar-refractivity contribution in [2.45, 2.75) is 12.8 Å². The molecule has 0 saturated carbocycles. The molecule has 0 saturated heterocycles. The molecule has 4 rings (SSSR count). The van der Waals surface area contributed by atoms with Gasteiger partial charge in [-0.1, -0.05) is 60.7 Å². The van der Waals surface area contributed by atoms with Crippen molar-refractivity contribution in [1.29, 1.82) is 0 Å². The van der Waals surface area contributed by atoms with Crippen LogP contribution in [0, 0.1) is 5.92 Å². The molecular formula is C26H24N2O4. The number of hydroxylamine groups is 1. The fourth-order valence-corrected chi connectivity index (χ4v) is 3.69. The molecule has 1 heterocycles. The highest BCUT2D eigenvalue weighted by Crippen LogP contribution is 2.27. The molecular weight excluding hydrogens is 404 g/mol. The minimum Gasteiger partial charge on any atom is -0.456 e. The van der Waals surface area contributed by atoms with Gasteiger partial charge < -0.3 is 9.73 Å². The zero-order valence-electron chi connectivity index (χ0n) is 17.5. The van der Waals surface area contributed by atoms with Crippen LogP contribution in [-0.4, -0.2) is 23.6 Å². The number of fused-ring (bicyclic) bond motifs is 1. The van der Waals surface area contributed by atoms with Crippen molar-refractivity contribution < 1.29 is 19.2 Å². The first kappa shape index (κ1) is 21.3. The Bertz CT molecular complexity index is 1170. The summed E-state index contributed by atoms with van der Waals surface area (Å²) >= 11 is 0. The molecule has 0 aliphatic rings. The Balaban J connectivity index is 1.35. The molecule has 0 bridgehead atoms. The van der Waals surface area contributed by atoms with Crippen molar-refractivity contribution in [1.82, 2.24) is 10.8 Å². The van der Waals surface area contributed by atoms with E-state index in [2.05, 4.69) is 5.32 Å². The molecule has 0 aliphatic carbocycles. The third-order valence-corrected chi connectivity index (χ3v) is 5.44. The molecule has 32 heavy (non-hydrogen) atoms. The van der Waals surface area contributed by atoms with Gasteiger partial charge in [-0.05, 0) is 42.7 Å². The second-order valence-corrected chi connectivity index (χ2v) is 7.63. The minimum atomic E-state index is -0.460. The Morgan fingerprint density at radius 3 is 2.34 bits per heavy atom. The summed E-state index contributed by atoms with van der Waals surface area (Å²) in [6, 6.07) is 26.6. The van der Waals surface area contributed by atoms with Gasteiger partial charge in [-0.15, -0.1) is 0 Å². The number of carbonyl (C=O) groups excluding carboxylic acids is 2. The number of rotatable bonds is 8. The van der Waals surface area contributed by atoms with Crippen LogP contribution in [0.15, 0.2) is 89.3 Å². The van der Waals surface area contributed by atoms with Crippen LogP contribution >= 0.6 is 0 Å². The summed E-state index contributed by atoms with van der Waals surface area (Å²) in [4.78, 5) is 24.5. The van der Waals surface area contributed by atoms with E-state index in [0.29, 0.717) is 24.9 Å². The highest BCUT2D eigenvalue weighted by atomic mass is 16.5. The van der Waals surface area contributed by atoms with E-state index in [0.717, 1.165) is 27.9 Å². The number of hydrogen-bond acceptors (Lipinski definition) is 4. The van der Waals surface area contributed by atoms with E-state index >= 15 is 0 Å². The van der Waals surface area contributed by atoms with Gasteiger partial charge in [-0.3, -0.25) is 14.8 Å². The van der Waals surface area contributed by atoms with Crippen molar-refractivity contribution in [2.75, 3.05) is 6.54 Å². The van der Waals surface area contributed by atoms with Gasteiger partial charge in [0.15, 0.2) is 0 Å². The Hall–Kier alpha value is -3.90. The summed E-state index contributed by atoms with van der Waals surface area (Å²) in [5.41, 5.74) is 4.95. The molecule has 162 valence electrons. The SMILES string of the molecule is O=C(NCCC(Cc1ccccc1)C(=O)NO)c1ccc(-c2cc3ccccc3o2)cc1. The van der Waals surface area contributed by atoms with Crippen molar-refractivity contribution in [3.05, 3.63) is 96.1 Å². The molecule has 2 amide bonds. The lowest BCUT2D eigenvalue weighted by Gasteiger charge is -2.15. The largest absolute Gasteiger partial charge is 0.456 e. The van der Waals surface area contributed by atoms with Crippen LogP contribution in [0.1, 0.15) is 22.3 Å². The number of nitrogens with one attached hydrogen (secondary N) is 2. The van der Waals surface area contributed by atoms with Crippen molar-refractivity contribution >= 4 is 22.8 Å². The quantitative estimate of drug-likeness (QED) is 0.283. The standard InChI is InChI=1S/C26H24N2O4/c29-25(27-15-14-22(26(30)28-31)16-18-6-2-1-3-7-18)20-12-10-19(11-13-20)24-17-21-8-4-5-9-23(21)32-24/h1-13,17,22,31H,14-16H2,(H,27,29)(H,28,30). The van der Waals surface area contributed by atoms with Gasteiger partial charge in [0.25, 0.3) is 5.91 Å². The van der Waals surface area contributed by atoms with Crippen LogP contribution in [0.25, 0.3) is 22.3 Å². The second-order valence-electron chi connectivity index (χ2n) is 7.63. The second kappa shape index (κ2) is 9.94. The summed E-state index contributed by atoms with van der Waals surface area (Å²) in [5, 5.41) is 12.9. The van der Waals surface area contributed by atoms with Crippen LogP contribution in [0.5, 0.6) is 0 Å². The van der Waals surface area contributed by atoms with E-state index in [1.807, 2.05) is 72.8 Å². The normalized spacial score (nSPS) is 11.8. The van der Waals surface area contributed by atoms with Crippen LogP contribution in [0.2, 0.25) is 0 Å². The van der Waals surface area contributed by atoms with Crippen LogP contribution in [0.4, 0.5) is 0 Å². The van der Waals surface area contributed by atoms with Crippen LogP contribution in [0.3, 0.4) is 0 Å². The number of benzene rings is 3. The maximum absolute atomic E-state index is 12.5. The van der Waals surface area contributed by atoms with Gasteiger partial charge in [0.1, 0.15) is 11.3 Å². The van der Waals surface area contributed by atoms with E-state index < -0.39 is 11.8 Å². The predicted octanol–water partition coefficient (Wildman–Crippen LogP) is 4.58. The molecule has 0 radical (unpaired) electrons. The van der Waals surface area contributed by atoms with E-state index in [1.165, 1.54) is 0 Å². The van der Waals surface area contributed by atoms with E-state index in [9.17, 15) is 9.59 Å². The number of para-hydroxylation sites is 1. The average molecular weight is 428 g/mol. The number of hydrogen-bond donors (Lipinski definition) is 3. The van der Waals surface area contributed by atoms with E-state index in [-0.39, 0.29) is 5.91 Å². The van der Waals surface area contributed by atoms with Crippen molar-refractivity contribution in [3.8, 4) is 11.3 Å². The first-order chi connectivity index (χ1) is 15.6. The number of furan rings is 1. The lowest BCUT2D eigenvalue weighted by atomic mass is 9.95. The zero-order valence-corrected chi connectivity index (χ0v) is 17.5. The fraction of sp³-hybridized carbons (Fsp3) is 0.154. The summed E-state index contributed by atoms with van der Waals surface area (Å²) < 4.78 is 5.87. The zero-order chi connectivity index (χ0) is 22.3. The third-order valence-electron chi connectivity index (χ3n) is 5.44. The lowest BCUT2D eigenvalue weighted by molar-refractivity contribution is -0.133. The number of carbonyl (C=O) groups is 2. The average Bonchev–Trinajstić information content (AvgIpc) is 3.28. The topological polar surface area (TPSA) is 91.6 Å². The molecule has 6 heteroatoms. The van der Waals surface area contributed by atoms with Gasteiger partial charge in [0.05, 0.1) is 0 Å². The molecule has 3 N–H and O–H groups in total. The van der Waals surface area contributed by atoms with Gasteiger partial charge in [-0.2, -0.15) is 0 Å². The lowest BCUT2D eigenvalue weighted by Crippen LogP contribution is -2.33. The summed E-state index contributed by atoms with van der Waals surface area (Å²) in [6.07, 6.45) is 0.888. The molecule has 6 nitrogen and oxygen atoms in total. The molecule has 4 aromatic rings. The summed E-state index contributed by atoms with van der Waals surface area (Å²) in [7, 11) is 0. The van der Waals surface area contributed by atoms with Gasteiger partial charge in [0, 0.05) is 29.0 Å². The maximum atomic E-state index is 12.5. The highest BCUT2D eigenvalue weighted by molar-refractivity contribution is 5.94. The fourth-order valence-electron chi connectivity index (χ4n) is 3.69. The Morgan fingerprint density at radius 2 is 1.62 bits per heavy atom. The van der Waals surface area contributed by atoms with Crippen LogP contribution < -0.4 is 10.8 Å². The third kappa shape index (κ3) is 5.04. The first-order valence-electron chi connectivity index (χ1n) is 10.5. The number of amides is 2. The molecule has 1 aromatic heterocycles. The Morgan fingerprint density at radius 1 is 0.906 bits per heavy atom. The molecule has 3 aromatic carbocycles. The van der Waals surface area contributed by atoms with Crippen molar-refractivity contribution in [2.24, 2.45) is 5.92 Å². The Labute approximate surface area is 185 Å². The highest BCUT2D eigenvalue weighted by Gasteiger charge is 2.19. The van der Waals surface area contributed by atoms with Crippen LogP contribution in [-0.2, 0) is 11.2 Å². The molecule has 1 unspecified atom stereocenters. The van der Waals surface area contributed by atoms with Crippen molar-refractivity contribution in [3.63, 3.8) is 0 Å². The Kier molecular flexibility index (Phi) is 6.63. The maximum Gasteiger partial charge on any atom is 0.251 e. The molecule has 0 fully saturated rings. The van der Waals surface area contributed by atoms with E-state index in [1.54, 1.807) is 17.6 Å². The van der Waals surface area contributed by atoms with Gasteiger partial charge >= 0.3 is 0 Å². The first-order valence-corrected chi connectivity index (χ1v) is 10.5. The summed E-state index contributed by atoms with van der Waals surface area (Å²) in [6.45, 7) is 0.315. The monoisotopic (exact) mass is 428 g/mol. The summed E-state index contributed by atoms with van der Waals surface area (Å²) in [5.74, 6) is -0.377. The smallest absolute Gasteiger partial charge is 0.251 e. The molecule has 1 atom stereocenters. The van der Waals surface area contributed by atoms with E-state index in [4.69, 9.17) is 9.62 Å².